The number of hydrogen-bond donors (Lipinski definition) is 1. The average molecular weight is 181 g/mol. The summed E-state index contributed by atoms with van der Waals surface area (Å²) in [5.41, 5.74) is 6.27. The van der Waals surface area contributed by atoms with E-state index in [1.807, 2.05) is 0 Å². The Morgan fingerprint density at radius 1 is 1.23 bits per heavy atom. The summed E-state index contributed by atoms with van der Waals surface area (Å²) in [6.07, 6.45) is 7.14. The summed E-state index contributed by atoms with van der Waals surface area (Å²) in [6, 6.07) is 0.496. The number of hydrogen-bond acceptors (Lipinski definition) is 1. The van der Waals surface area contributed by atoms with E-state index in [1.165, 1.54) is 32.1 Å². The van der Waals surface area contributed by atoms with Crippen LogP contribution in [0.15, 0.2) is 0 Å². The Balaban J connectivity index is 1.87. The topological polar surface area (TPSA) is 26.0 Å². The molecule has 0 heterocycles. The van der Waals surface area contributed by atoms with Crippen LogP contribution in [0.1, 0.15) is 46.0 Å². The van der Waals surface area contributed by atoms with Gasteiger partial charge in [-0.1, -0.05) is 20.3 Å². The fourth-order valence-electron chi connectivity index (χ4n) is 3.54. The normalized spacial score (nSPS) is 40.2. The third-order valence-corrected chi connectivity index (χ3v) is 4.09. The van der Waals surface area contributed by atoms with Gasteiger partial charge in [-0.25, -0.2) is 0 Å². The molecule has 2 aliphatic carbocycles. The van der Waals surface area contributed by atoms with Gasteiger partial charge in [-0.2, -0.15) is 0 Å². The fourth-order valence-corrected chi connectivity index (χ4v) is 3.54. The Morgan fingerprint density at radius 2 is 2.00 bits per heavy atom. The molecule has 2 rings (SSSR count). The smallest absolute Gasteiger partial charge is 0.00723 e. The van der Waals surface area contributed by atoms with Gasteiger partial charge in [-0.05, 0) is 49.4 Å². The van der Waals surface area contributed by atoms with Gasteiger partial charge in [-0.15, -0.1) is 0 Å². The maximum atomic E-state index is 6.27. The van der Waals surface area contributed by atoms with Crippen LogP contribution in [0.5, 0.6) is 0 Å². The van der Waals surface area contributed by atoms with Crippen LogP contribution in [0.25, 0.3) is 0 Å². The van der Waals surface area contributed by atoms with Crippen LogP contribution in [-0.2, 0) is 0 Å². The molecule has 0 aliphatic heterocycles. The first-order valence-corrected chi connectivity index (χ1v) is 5.92. The molecule has 0 saturated heterocycles. The molecule has 0 radical (unpaired) electrons. The highest BCUT2D eigenvalue weighted by molar-refractivity contribution is 4.94. The minimum Gasteiger partial charge on any atom is -0.327 e. The van der Waals surface area contributed by atoms with Crippen LogP contribution in [0, 0.1) is 23.7 Å². The fraction of sp³-hybridized carbons (Fsp3) is 1.00. The second kappa shape index (κ2) is 3.61. The van der Waals surface area contributed by atoms with Crippen LogP contribution in [0.3, 0.4) is 0 Å². The summed E-state index contributed by atoms with van der Waals surface area (Å²) in [6.45, 7) is 4.57. The molecule has 1 nitrogen and oxygen atoms in total. The van der Waals surface area contributed by atoms with Gasteiger partial charge >= 0.3 is 0 Å². The van der Waals surface area contributed by atoms with Crippen LogP contribution < -0.4 is 5.73 Å². The first-order chi connectivity index (χ1) is 6.16. The highest BCUT2D eigenvalue weighted by Crippen LogP contribution is 2.49. The second-order valence-electron chi connectivity index (χ2n) is 5.63. The molecular formula is C12H23N. The van der Waals surface area contributed by atoms with Gasteiger partial charge < -0.3 is 5.73 Å². The zero-order chi connectivity index (χ0) is 9.42. The lowest BCUT2D eigenvalue weighted by Gasteiger charge is -2.28. The minimum absolute atomic E-state index is 0.496. The van der Waals surface area contributed by atoms with Gasteiger partial charge in [0.15, 0.2) is 0 Å². The van der Waals surface area contributed by atoms with E-state index in [0.29, 0.717) is 6.04 Å². The third-order valence-electron chi connectivity index (χ3n) is 4.09. The van der Waals surface area contributed by atoms with Gasteiger partial charge in [0.1, 0.15) is 0 Å². The van der Waals surface area contributed by atoms with Crippen molar-refractivity contribution in [3.63, 3.8) is 0 Å². The first-order valence-electron chi connectivity index (χ1n) is 5.92. The van der Waals surface area contributed by atoms with Crippen molar-refractivity contribution in [1.29, 1.82) is 0 Å². The standard InChI is InChI=1S/C12H23N/c1-8(2)5-12(13)11-7-9-3-4-10(11)6-9/h8-12H,3-7,13H2,1-2H3. The molecule has 0 aromatic rings. The maximum absolute atomic E-state index is 6.27. The SMILES string of the molecule is CC(C)CC(N)C1CC2CCC1C2. The van der Waals surface area contributed by atoms with E-state index >= 15 is 0 Å². The van der Waals surface area contributed by atoms with E-state index in [4.69, 9.17) is 5.73 Å². The van der Waals surface area contributed by atoms with Crippen LogP contribution in [-0.4, -0.2) is 6.04 Å². The van der Waals surface area contributed by atoms with E-state index in [0.717, 1.165) is 23.7 Å². The molecule has 1 heteroatoms. The Kier molecular flexibility index (Phi) is 2.64. The highest BCUT2D eigenvalue weighted by atomic mass is 14.7. The van der Waals surface area contributed by atoms with Crippen LogP contribution in [0.2, 0.25) is 0 Å². The molecular weight excluding hydrogens is 158 g/mol. The van der Waals surface area contributed by atoms with Crippen molar-refractivity contribution in [2.45, 2.75) is 52.0 Å². The van der Waals surface area contributed by atoms with Gasteiger partial charge in [0.2, 0.25) is 0 Å². The van der Waals surface area contributed by atoms with Crippen molar-refractivity contribution in [1.82, 2.24) is 0 Å². The van der Waals surface area contributed by atoms with Gasteiger partial charge in [0.05, 0.1) is 0 Å². The van der Waals surface area contributed by atoms with Crippen molar-refractivity contribution >= 4 is 0 Å². The summed E-state index contributed by atoms with van der Waals surface area (Å²) in [5, 5.41) is 0. The molecule has 2 N–H and O–H groups in total. The summed E-state index contributed by atoms with van der Waals surface area (Å²) < 4.78 is 0. The molecule has 76 valence electrons. The van der Waals surface area contributed by atoms with E-state index in [9.17, 15) is 0 Å². The molecule has 0 aromatic carbocycles. The monoisotopic (exact) mass is 181 g/mol. The Labute approximate surface area is 82.1 Å². The van der Waals surface area contributed by atoms with E-state index in [-0.39, 0.29) is 0 Å². The zero-order valence-corrected chi connectivity index (χ0v) is 9.00. The maximum Gasteiger partial charge on any atom is 0.00723 e. The molecule has 2 fully saturated rings. The summed E-state index contributed by atoms with van der Waals surface area (Å²) in [7, 11) is 0. The highest BCUT2D eigenvalue weighted by Gasteiger charge is 2.41. The molecule has 2 saturated carbocycles. The zero-order valence-electron chi connectivity index (χ0n) is 9.00. The number of rotatable bonds is 3. The van der Waals surface area contributed by atoms with Crippen molar-refractivity contribution in [3.05, 3.63) is 0 Å². The molecule has 13 heavy (non-hydrogen) atoms. The number of fused-ring (bicyclic) bond motifs is 2. The molecule has 0 aromatic heterocycles. The predicted octanol–water partition coefficient (Wildman–Crippen LogP) is 2.80. The van der Waals surface area contributed by atoms with Crippen molar-refractivity contribution in [2.24, 2.45) is 29.4 Å². The van der Waals surface area contributed by atoms with Gasteiger partial charge in [-0.3, -0.25) is 0 Å². The van der Waals surface area contributed by atoms with E-state index in [1.54, 1.807) is 0 Å². The molecule has 0 amide bonds. The van der Waals surface area contributed by atoms with Crippen molar-refractivity contribution in [2.75, 3.05) is 0 Å². The summed E-state index contributed by atoms with van der Waals surface area (Å²) in [5.74, 6) is 3.70. The van der Waals surface area contributed by atoms with Crippen molar-refractivity contribution < 1.29 is 0 Å². The quantitative estimate of drug-likeness (QED) is 0.712. The largest absolute Gasteiger partial charge is 0.327 e. The van der Waals surface area contributed by atoms with E-state index < -0.39 is 0 Å². The lowest BCUT2D eigenvalue weighted by molar-refractivity contribution is 0.258. The predicted molar refractivity (Wildman–Crippen MR) is 56.4 cm³/mol. The van der Waals surface area contributed by atoms with Crippen molar-refractivity contribution in [3.8, 4) is 0 Å². The Bertz CT molecular complexity index is 176. The average Bonchev–Trinajstić information content (AvgIpc) is 2.62. The third kappa shape index (κ3) is 1.90. The van der Waals surface area contributed by atoms with E-state index in [2.05, 4.69) is 13.8 Å². The number of nitrogens with two attached hydrogens (primary N) is 1. The molecule has 2 aliphatic rings. The lowest BCUT2D eigenvalue weighted by atomic mass is 9.81. The van der Waals surface area contributed by atoms with Crippen LogP contribution >= 0.6 is 0 Å². The molecule has 2 bridgehead atoms. The molecule has 0 spiro atoms. The Hall–Kier alpha value is -0.0400. The minimum atomic E-state index is 0.496. The Morgan fingerprint density at radius 3 is 2.46 bits per heavy atom. The lowest BCUT2D eigenvalue weighted by Crippen LogP contribution is -2.34. The van der Waals surface area contributed by atoms with Gasteiger partial charge in [0, 0.05) is 6.04 Å². The van der Waals surface area contributed by atoms with Crippen LogP contribution in [0.4, 0.5) is 0 Å². The molecule has 4 unspecified atom stereocenters. The first kappa shape index (κ1) is 9.51. The summed E-state index contributed by atoms with van der Waals surface area (Å²) >= 11 is 0. The van der Waals surface area contributed by atoms with Gasteiger partial charge in [0.25, 0.3) is 0 Å². The second-order valence-corrected chi connectivity index (χ2v) is 5.63. The molecule has 4 atom stereocenters. The summed E-state index contributed by atoms with van der Waals surface area (Å²) in [4.78, 5) is 0.